The van der Waals surface area contributed by atoms with Gasteiger partial charge < -0.3 is 0 Å². The van der Waals surface area contributed by atoms with Crippen molar-refractivity contribution in [1.82, 2.24) is 0 Å². The SMILES string of the molecule is CC(C)C12[B][B][B][B][B][B][B][B][B]C1[B]2. The Morgan fingerprint density at radius 2 is 1.47 bits per heavy atom. The average Bonchev–Trinajstić information content (AvgIpc) is 2.89. The third-order valence-corrected chi connectivity index (χ3v) is 3.31. The summed E-state index contributed by atoms with van der Waals surface area (Å²) in [5.41, 5.74) is 0.616. The molecule has 2 aliphatic rings. The third-order valence-electron chi connectivity index (χ3n) is 3.31. The summed E-state index contributed by atoms with van der Waals surface area (Å²) in [6.45, 7) is 4.58. The Kier molecular flexibility index (Phi) is 4.30. The van der Waals surface area contributed by atoms with E-state index in [2.05, 4.69) is 84.9 Å². The second-order valence-electron chi connectivity index (χ2n) is 4.55. The normalized spacial score (nSPS) is 32.9. The molecule has 2 fully saturated rings. The van der Waals surface area contributed by atoms with Gasteiger partial charge in [-0.25, -0.2) is 0 Å². The van der Waals surface area contributed by atoms with Crippen molar-refractivity contribution in [2.45, 2.75) is 24.8 Å². The van der Waals surface area contributed by atoms with Crippen LogP contribution in [0.3, 0.4) is 0 Å². The predicted molar refractivity (Wildman–Crippen MR) is 78.8 cm³/mol. The molecule has 2 rings (SSSR count). The van der Waals surface area contributed by atoms with E-state index in [0.29, 0.717) is 16.8 Å². The van der Waals surface area contributed by atoms with E-state index in [4.69, 9.17) is 0 Å². The van der Waals surface area contributed by atoms with E-state index < -0.39 is 0 Å². The van der Waals surface area contributed by atoms with E-state index in [9.17, 15) is 0 Å². The summed E-state index contributed by atoms with van der Waals surface area (Å²) >= 11 is 0. The zero-order chi connectivity index (χ0) is 10.7. The van der Waals surface area contributed by atoms with Gasteiger partial charge in [0, 0.05) is 56.6 Å². The lowest BCUT2D eigenvalue weighted by Gasteiger charge is -2.23. The Hall–Kier alpha value is 0.649. The fraction of sp³-hybridized carbons (Fsp3) is 1.00. The standard InChI is InChI=1S/C5H8B10/c1-3(2)5-4(6-5)7-9-11-13-15-14-12-10-8-5/h3-4H,1-2H3. The molecule has 2 saturated heterocycles. The molecule has 0 nitrogen and oxygen atoms in total. The first kappa shape index (κ1) is 12.1. The highest BCUT2D eigenvalue weighted by atomic mass is 14.3. The van der Waals surface area contributed by atoms with Crippen LogP contribution in [0.2, 0.25) is 10.9 Å². The van der Waals surface area contributed by atoms with Crippen LogP contribution in [0.25, 0.3) is 0 Å². The summed E-state index contributed by atoms with van der Waals surface area (Å²) in [6, 6.07) is 0. The largest absolute Gasteiger partial charge is 0.112 e. The van der Waals surface area contributed by atoms with E-state index in [0.717, 1.165) is 0 Å². The Bertz CT molecular complexity index is 208. The maximum Gasteiger partial charge on any atom is 0.0983 e. The second-order valence-corrected chi connectivity index (χ2v) is 4.55. The van der Waals surface area contributed by atoms with Crippen molar-refractivity contribution in [1.29, 1.82) is 0 Å². The number of hydrogen-bond acceptors (Lipinski definition) is 0. The van der Waals surface area contributed by atoms with Crippen LogP contribution in [0, 0.1) is 5.92 Å². The highest BCUT2D eigenvalue weighted by molar-refractivity contribution is 7.68. The molecule has 0 saturated carbocycles. The molecular weight excluding hydrogens is 168 g/mol. The minimum Gasteiger partial charge on any atom is -0.112 e. The van der Waals surface area contributed by atoms with Gasteiger partial charge in [0.05, 0.1) is 14.4 Å². The van der Waals surface area contributed by atoms with Gasteiger partial charge in [0.2, 0.25) is 0 Å². The van der Waals surface area contributed by atoms with Gasteiger partial charge in [-0.2, -0.15) is 0 Å². The molecular formula is C5H8B10. The van der Waals surface area contributed by atoms with Gasteiger partial charge in [0.1, 0.15) is 0 Å². The van der Waals surface area contributed by atoms with Crippen LogP contribution in [0.1, 0.15) is 13.8 Å². The summed E-state index contributed by atoms with van der Waals surface area (Å²) in [6.07, 6.45) is 0. The third kappa shape index (κ3) is 2.86. The maximum absolute atomic E-state index is 2.43. The van der Waals surface area contributed by atoms with Crippen LogP contribution in [-0.2, 0) is 0 Å². The highest BCUT2D eigenvalue weighted by Gasteiger charge is 2.53. The molecule has 2 unspecified atom stereocenters. The molecule has 0 aliphatic carbocycles. The zero-order valence-electron chi connectivity index (χ0n) is 9.43. The summed E-state index contributed by atoms with van der Waals surface area (Å²) in [7, 11) is 21.7. The first-order valence-corrected chi connectivity index (χ1v) is 5.64. The summed E-state index contributed by atoms with van der Waals surface area (Å²) in [5, 5.41) is 0.305. The van der Waals surface area contributed by atoms with Crippen LogP contribution in [-0.4, -0.2) is 71.0 Å². The fourth-order valence-corrected chi connectivity index (χ4v) is 2.15. The molecule has 0 aromatic carbocycles. The summed E-state index contributed by atoms with van der Waals surface area (Å²) < 4.78 is 0. The molecule has 0 bridgehead atoms. The van der Waals surface area contributed by atoms with Gasteiger partial charge in [-0.15, -0.1) is 10.9 Å². The lowest BCUT2D eigenvalue weighted by atomic mass is 8.89. The molecule has 0 aromatic heterocycles. The molecule has 0 N–H and O–H groups in total. The highest BCUT2D eigenvalue weighted by Crippen LogP contribution is 2.59. The molecule has 10 heteroatoms. The lowest BCUT2D eigenvalue weighted by Crippen LogP contribution is -2.31. The fourth-order valence-electron chi connectivity index (χ4n) is 2.15. The van der Waals surface area contributed by atoms with E-state index in [1.807, 2.05) is 0 Å². The van der Waals surface area contributed by atoms with Gasteiger partial charge in [0.25, 0.3) is 0 Å². The molecule has 58 valence electrons. The van der Waals surface area contributed by atoms with Crippen LogP contribution in [0.15, 0.2) is 0 Å². The zero-order valence-corrected chi connectivity index (χ0v) is 9.43. The van der Waals surface area contributed by atoms with Crippen LogP contribution in [0.5, 0.6) is 0 Å². The Balaban J connectivity index is 1.89. The van der Waals surface area contributed by atoms with Gasteiger partial charge in [-0.05, 0) is 0 Å². The van der Waals surface area contributed by atoms with Crippen molar-refractivity contribution in [3.8, 4) is 0 Å². The monoisotopic (exact) mass is 178 g/mol. The van der Waals surface area contributed by atoms with Crippen molar-refractivity contribution in [2.24, 2.45) is 5.92 Å². The predicted octanol–water partition coefficient (Wildman–Crippen LogP) is -2.11. The quantitative estimate of drug-likeness (QED) is 0.401. The first-order chi connectivity index (χ1) is 7.26. The Morgan fingerprint density at radius 3 is 2.13 bits per heavy atom. The van der Waals surface area contributed by atoms with Crippen molar-refractivity contribution >= 4 is 71.0 Å². The van der Waals surface area contributed by atoms with Crippen molar-refractivity contribution in [3.63, 3.8) is 0 Å². The van der Waals surface area contributed by atoms with Gasteiger partial charge in [-0.1, -0.05) is 19.8 Å². The van der Waals surface area contributed by atoms with Crippen LogP contribution < -0.4 is 0 Å². The molecule has 2 aliphatic heterocycles. The molecule has 0 spiro atoms. The minimum atomic E-state index is 0.305. The van der Waals surface area contributed by atoms with E-state index in [1.165, 1.54) is 0 Å². The number of rotatable bonds is 1. The maximum atomic E-state index is 2.43. The topological polar surface area (TPSA) is 0 Å². The van der Waals surface area contributed by atoms with Crippen molar-refractivity contribution < 1.29 is 0 Å². The van der Waals surface area contributed by atoms with E-state index >= 15 is 0 Å². The Labute approximate surface area is 102 Å². The number of hydrogen-bond donors (Lipinski definition) is 0. The molecule has 10 radical (unpaired) electrons. The number of fused-ring (bicyclic) bond motifs is 1. The smallest absolute Gasteiger partial charge is 0.0983 e. The average molecular weight is 176 g/mol. The first-order valence-electron chi connectivity index (χ1n) is 5.64. The molecule has 2 atom stereocenters. The minimum absolute atomic E-state index is 0.305. The van der Waals surface area contributed by atoms with Gasteiger partial charge in [-0.3, -0.25) is 0 Å². The summed E-state index contributed by atoms with van der Waals surface area (Å²) in [4.78, 5) is 0. The Morgan fingerprint density at radius 1 is 0.867 bits per heavy atom. The molecule has 2 heterocycles. The van der Waals surface area contributed by atoms with E-state index in [1.54, 1.807) is 0 Å². The van der Waals surface area contributed by atoms with Crippen molar-refractivity contribution in [2.75, 3.05) is 0 Å². The second kappa shape index (κ2) is 5.32. The van der Waals surface area contributed by atoms with Gasteiger partial charge >= 0.3 is 0 Å². The lowest BCUT2D eigenvalue weighted by molar-refractivity contribution is 0.610. The van der Waals surface area contributed by atoms with Crippen LogP contribution >= 0.6 is 0 Å². The summed E-state index contributed by atoms with van der Waals surface area (Å²) in [5.74, 6) is 0.672. The van der Waals surface area contributed by atoms with E-state index in [-0.39, 0.29) is 0 Å². The molecule has 15 heavy (non-hydrogen) atoms. The van der Waals surface area contributed by atoms with Crippen LogP contribution in [0.4, 0.5) is 0 Å². The van der Waals surface area contributed by atoms with Crippen molar-refractivity contribution in [3.05, 3.63) is 0 Å². The molecule has 0 amide bonds. The molecule has 0 aromatic rings. The van der Waals surface area contributed by atoms with Gasteiger partial charge in [0.15, 0.2) is 0 Å².